The van der Waals surface area contributed by atoms with Gasteiger partial charge in [0.1, 0.15) is 31.0 Å². The van der Waals surface area contributed by atoms with Gasteiger partial charge in [-0.25, -0.2) is 0 Å². The van der Waals surface area contributed by atoms with Gasteiger partial charge in [-0.1, -0.05) is 0 Å². The Kier molecular flexibility index (Phi) is 5.01. The van der Waals surface area contributed by atoms with E-state index >= 15 is 0 Å². The average Bonchev–Trinajstić information content (AvgIpc) is 3.23. The van der Waals surface area contributed by atoms with Crippen molar-refractivity contribution in [3.8, 4) is 0 Å². The number of aliphatic hydroxyl groups is 4. The molecule has 4 N–H and O–H groups in total. The summed E-state index contributed by atoms with van der Waals surface area (Å²) >= 11 is 0. The molecule has 20 heavy (non-hydrogen) atoms. The van der Waals surface area contributed by atoms with Crippen molar-refractivity contribution < 1.29 is 34.4 Å². The van der Waals surface area contributed by atoms with Gasteiger partial charge in [0.2, 0.25) is 0 Å². The fourth-order valence-corrected chi connectivity index (χ4v) is 2.57. The van der Waals surface area contributed by atoms with E-state index in [1.54, 1.807) is 0 Å². The standard InChI is InChI=1S/C13H26NO6/c1-14(2,8-3-4-8)5-6-19-13-12(18)11(17)10(16)9(7-15)20-13/h8-13,15-18H,3-7H2,1-2H3/q+1/t9-,10-,11+,12-,13-/m1/s1. The zero-order valence-corrected chi connectivity index (χ0v) is 12.1. The summed E-state index contributed by atoms with van der Waals surface area (Å²) in [6.45, 7) is 0.723. The van der Waals surface area contributed by atoms with Gasteiger partial charge < -0.3 is 34.4 Å². The van der Waals surface area contributed by atoms with Crippen LogP contribution < -0.4 is 0 Å². The molecule has 0 spiro atoms. The van der Waals surface area contributed by atoms with Crippen molar-refractivity contribution in [2.45, 2.75) is 49.6 Å². The highest BCUT2D eigenvalue weighted by atomic mass is 16.7. The molecule has 0 aromatic carbocycles. The summed E-state index contributed by atoms with van der Waals surface area (Å²) in [7, 11) is 4.27. The van der Waals surface area contributed by atoms with Crippen LogP contribution in [-0.4, -0.2) is 95.5 Å². The molecule has 1 aliphatic carbocycles. The van der Waals surface area contributed by atoms with Gasteiger partial charge in [0.15, 0.2) is 6.29 Å². The van der Waals surface area contributed by atoms with Crippen LogP contribution in [0.15, 0.2) is 0 Å². The van der Waals surface area contributed by atoms with E-state index in [1.165, 1.54) is 12.8 Å². The molecule has 2 rings (SSSR count). The Morgan fingerprint density at radius 2 is 1.75 bits per heavy atom. The second-order valence-corrected chi connectivity index (χ2v) is 6.30. The van der Waals surface area contributed by atoms with Crippen LogP contribution in [0, 0.1) is 0 Å². The maximum absolute atomic E-state index is 9.83. The number of ether oxygens (including phenoxy) is 2. The fourth-order valence-electron chi connectivity index (χ4n) is 2.57. The molecule has 0 aromatic rings. The highest BCUT2D eigenvalue weighted by Gasteiger charge is 2.44. The predicted octanol–water partition coefficient (Wildman–Crippen LogP) is -1.96. The van der Waals surface area contributed by atoms with Gasteiger partial charge >= 0.3 is 0 Å². The largest absolute Gasteiger partial charge is 0.394 e. The highest BCUT2D eigenvalue weighted by Crippen LogP contribution is 2.30. The Balaban J connectivity index is 1.82. The summed E-state index contributed by atoms with van der Waals surface area (Å²) in [5.74, 6) is 0. The van der Waals surface area contributed by atoms with Gasteiger partial charge in [-0.05, 0) is 0 Å². The molecule has 2 aliphatic rings. The molecule has 0 aromatic heterocycles. The maximum Gasteiger partial charge on any atom is 0.186 e. The topological polar surface area (TPSA) is 99.4 Å². The van der Waals surface area contributed by atoms with Crippen LogP contribution >= 0.6 is 0 Å². The van der Waals surface area contributed by atoms with Crippen LogP contribution in [0.3, 0.4) is 0 Å². The third-order valence-electron chi connectivity index (χ3n) is 4.33. The molecule has 0 amide bonds. The van der Waals surface area contributed by atoms with Crippen LogP contribution in [0.2, 0.25) is 0 Å². The molecule has 7 heteroatoms. The monoisotopic (exact) mass is 292 g/mol. The Bertz CT molecular complexity index is 320. The molecule has 0 unspecified atom stereocenters. The van der Waals surface area contributed by atoms with Crippen molar-refractivity contribution in [3.05, 3.63) is 0 Å². The smallest absolute Gasteiger partial charge is 0.186 e. The first-order chi connectivity index (χ1) is 9.36. The Morgan fingerprint density at radius 1 is 1.10 bits per heavy atom. The molecular weight excluding hydrogens is 266 g/mol. The van der Waals surface area contributed by atoms with E-state index in [0.29, 0.717) is 12.6 Å². The van der Waals surface area contributed by atoms with E-state index in [2.05, 4.69) is 14.1 Å². The van der Waals surface area contributed by atoms with Gasteiger partial charge in [-0.2, -0.15) is 0 Å². The lowest BCUT2D eigenvalue weighted by atomic mass is 9.99. The second-order valence-electron chi connectivity index (χ2n) is 6.30. The Labute approximate surface area is 118 Å². The van der Waals surface area contributed by atoms with Gasteiger partial charge in [-0.15, -0.1) is 0 Å². The van der Waals surface area contributed by atoms with E-state index in [4.69, 9.17) is 14.6 Å². The minimum absolute atomic E-state index is 0.381. The van der Waals surface area contributed by atoms with Crippen molar-refractivity contribution in [2.75, 3.05) is 33.9 Å². The van der Waals surface area contributed by atoms with E-state index in [9.17, 15) is 15.3 Å². The van der Waals surface area contributed by atoms with E-state index in [0.717, 1.165) is 11.0 Å². The molecular formula is C13H26NO6+. The van der Waals surface area contributed by atoms with Crippen molar-refractivity contribution in [2.24, 2.45) is 0 Å². The molecule has 1 heterocycles. The summed E-state index contributed by atoms with van der Waals surface area (Å²) in [5, 5.41) is 38.2. The number of nitrogens with zero attached hydrogens (tertiary/aromatic N) is 1. The summed E-state index contributed by atoms with van der Waals surface area (Å²) in [5.41, 5.74) is 0. The molecule has 1 saturated carbocycles. The van der Waals surface area contributed by atoms with Crippen LogP contribution in [0.4, 0.5) is 0 Å². The molecule has 5 atom stereocenters. The predicted molar refractivity (Wildman–Crippen MR) is 69.7 cm³/mol. The minimum Gasteiger partial charge on any atom is -0.394 e. The Hall–Kier alpha value is -0.280. The maximum atomic E-state index is 9.83. The third-order valence-corrected chi connectivity index (χ3v) is 4.33. The normalized spacial score (nSPS) is 39.0. The zero-order chi connectivity index (χ0) is 14.9. The van der Waals surface area contributed by atoms with Crippen molar-refractivity contribution in [3.63, 3.8) is 0 Å². The summed E-state index contributed by atoms with van der Waals surface area (Å²) in [4.78, 5) is 0. The average molecular weight is 292 g/mol. The number of hydrogen-bond donors (Lipinski definition) is 4. The number of quaternary nitrogens is 1. The van der Waals surface area contributed by atoms with E-state index < -0.39 is 37.3 Å². The molecule has 0 bridgehead atoms. The van der Waals surface area contributed by atoms with E-state index in [-0.39, 0.29) is 0 Å². The van der Waals surface area contributed by atoms with Crippen LogP contribution in [0.1, 0.15) is 12.8 Å². The zero-order valence-electron chi connectivity index (χ0n) is 12.1. The van der Waals surface area contributed by atoms with Crippen LogP contribution in [-0.2, 0) is 9.47 Å². The third kappa shape index (κ3) is 3.48. The quantitative estimate of drug-likeness (QED) is 0.424. The second kappa shape index (κ2) is 6.23. The summed E-state index contributed by atoms with van der Waals surface area (Å²) in [6.07, 6.45) is -3.51. The number of likely N-dealkylation sites (N-methyl/N-ethyl adjacent to an activating group) is 1. The van der Waals surface area contributed by atoms with E-state index in [1.807, 2.05) is 0 Å². The number of hydrogen-bond acceptors (Lipinski definition) is 6. The van der Waals surface area contributed by atoms with Crippen LogP contribution in [0.5, 0.6) is 0 Å². The molecule has 118 valence electrons. The number of rotatable bonds is 6. The molecule has 0 radical (unpaired) electrons. The van der Waals surface area contributed by atoms with Crippen molar-refractivity contribution in [1.29, 1.82) is 0 Å². The lowest BCUT2D eigenvalue weighted by Crippen LogP contribution is -2.59. The molecule has 2 fully saturated rings. The molecule has 7 nitrogen and oxygen atoms in total. The van der Waals surface area contributed by atoms with Crippen molar-refractivity contribution in [1.82, 2.24) is 0 Å². The summed E-state index contributed by atoms with van der Waals surface area (Å²) < 4.78 is 11.6. The Morgan fingerprint density at radius 3 is 2.30 bits per heavy atom. The summed E-state index contributed by atoms with van der Waals surface area (Å²) in [6, 6.07) is 0.674. The van der Waals surface area contributed by atoms with Gasteiger partial charge in [0, 0.05) is 12.8 Å². The molecule has 1 aliphatic heterocycles. The van der Waals surface area contributed by atoms with Crippen LogP contribution in [0.25, 0.3) is 0 Å². The number of aliphatic hydroxyl groups excluding tert-OH is 4. The SMILES string of the molecule is C[N+](C)(CCO[C@@H]1O[C@H](CO)[C@@H](O)[C@H](O)[C@H]1O)C1CC1. The lowest BCUT2D eigenvalue weighted by Gasteiger charge is -2.40. The fraction of sp³-hybridized carbons (Fsp3) is 1.00. The minimum atomic E-state index is -1.38. The highest BCUT2D eigenvalue weighted by molar-refractivity contribution is 4.88. The lowest BCUT2D eigenvalue weighted by molar-refractivity contribution is -0.901. The first-order valence-corrected chi connectivity index (χ1v) is 7.11. The first-order valence-electron chi connectivity index (χ1n) is 7.11. The molecule has 1 saturated heterocycles. The first kappa shape index (κ1) is 16.1. The van der Waals surface area contributed by atoms with Crippen molar-refractivity contribution >= 4 is 0 Å². The van der Waals surface area contributed by atoms with Gasteiger partial charge in [-0.3, -0.25) is 0 Å². The van der Waals surface area contributed by atoms with Gasteiger partial charge in [0.05, 0.1) is 33.4 Å². The van der Waals surface area contributed by atoms with Gasteiger partial charge in [0.25, 0.3) is 0 Å².